The summed E-state index contributed by atoms with van der Waals surface area (Å²) in [5.74, 6) is 5.57. The Morgan fingerprint density at radius 1 is 1.44 bits per heavy atom. The van der Waals surface area contributed by atoms with Gasteiger partial charge in [-0.15, -0.1) is 0 Å². The minimum atomic E-state index is -0.169. The molecule has 3 N–H and O–H groups in total. The third-order valence-electron chi connectivity index (χ3n) is 2.32. The Kier molecular flexibility index (Phi) is 3.28. The van der Waals surface area contributed by atoms with Crippen LogP contribution in [-0.2, 0) is 7.05 Å². The number of aryl methyl sites for hydroxylation is 1. The van der Waals surface area contributed by atoms with E-state index in [0.717, 1.165) is 15.7 Å². The van der Waals surface area contributed by atoms with Crippen LogP contribution in [0.5, 0.6) is 0 Å². The Balaban J connectivity index is 2.45. The van der Waals surface area contributed by atoms with Crippen molar-refractivity contribution in [2.75, 3.05) is 0 Å². The second-order valence-electron chi connectivity index (χ2n) is 3.28. The lowest BCUT2D eigenvalue weighted by molar-refractivity contribution is 0.570. The van der Waals surface area contributed by atoms with Gasteiger partial charge in [-0.25, -0.2) is 5.43 Å². The molecule has 0 aliphatic rings. The smallest absolute Gasteiger partial charge is 0.0905 e. The Morgan fingerprint density at radius 3 is 2.75 bits per heavy atom. The predicted molar refractivity (Wildman–Crippen MR) is 62.1 cm³/mol. The van der Waals surface area contributed by atoms with Crippen molar-refractivity contribution in [2.24, 2.45) is 12.9 Å². The zero-order valence-electron chi connectivity index (χ0n) is 8.63. The molecule has 0 amide bonds. The van der Waals surface area contributed by atoms with Crippen molar-refractivity contribution in [3.63, 3.8) is 0 Å². The molecule has 0 radical (unpaired) electrons. The standard InChI is InChI=1S/C9H11BrN6/c1-16-9(7(10)5-14-16)8(15-11)6-2-3-12-13-4-6/h2-5,8,15H,11H2,1H3. The van der Waals surface area contributed by atoms with Crippen LogP contribution in [0.25, 0.3) is 0 Å². The fourth-order valence-corrected chi connectivity index (χ4v) is 2.13. The van der Waals surface area contributed by atoms with Gasteiger partial charge in [0.1, 0.15) is 0 Å². The summed E-state index contributed by atoms with van der Waals surface area (Å²) in [6.07, 6.45) is 5.03. The van der Waals surface area contributed by atoms with Crippen LogP contribution in [0.2, 0.25) is 0 Å². The lowest BCUT2D eigenvalue weighted by Gasteiger charge is -2.16. The summed E-state index contributed by atoms with van der Waals surface area (Å²) in [4.78, 5) is 0. The maximum Gasteiger partial charge on any atom is 0.0905 e. The van der Waals surface area contributed by atoms with E-state index in [-0.39, 0.29) is 6.04 Å². The topological polar surface area (TPSA) is 81.7 Å². The van der Waals surface area contributed by atoms with Crippen molar-refractivity contribution in [1.29, 1.82) is 0 Å². The van der Waals surface area contributed by atoms with Crippen molar-refractivity contribution in [3.8, 4) is 0 Å². The van der Waals surface area contributed by atoms with Crippen LogP contribution in [-0.4, -0.2) is 20.0 Å². The molecule has 1 unspecified atom stereocenters. The number of hydrogen-bond acceptors (Lipinski definition) is 5. The van der Waals surface area contributed by atoms with E-state index < -0.39 is 0 Å². The summed E-state index contributed by atoms with van der Waals surface area (Å²) in [6, 6.07) is 1.69. The molecule has 84 valence electrons. The van der Waals surface area contributed by atoms with E-state index in [2.05, 4.69) is 36.7 Å². The summed E-state index contributed by atoms with van der Waals surface area (Å²) in [5, 5.41) is 11.7. The number of halogens is 1. The molecule has 0 saturated carbocycles. The van der Waals surface area contributed by atoms with E-state index in [1.165, 1.54) is 0 Å². The van der Waals surface area contributed by atoms with Gasteiger partial charge in [0.25, 0.3) is 0 Å². The molecule has 7 heteroatoms. The average molecular weight is 283 g/mol. The number of hydrogen-bond donors (Lipinski definition) is 2. The SMILES string of the molecule is Cn1ncc(Br)c1C(NN)c1ccnnc1. The van der Waals surface area contributed by atoms with Crippen LogP contribution in [0.4, 0.5) is 0 Å². The van der Waals surface area contributed by atoms with Gasteiger partial charge in [-0.2, -0.15) is 15.3 Å². The second kappa shape index (κ2) is 4.69. The molecule has 6 nitrogen and oxygen atoms in total. The summed E-state index contributed by atoms with van der Waals surface area (Å²) < 4.78 is 2.66. The molecule has 0 saturated heterocycles. The summed E-state index contributed by atoms with van der Waals surface area (Å²) in [7, 11) is 1.86. The lowest BCUT2D eigenvalue weighted by atomic mass is 10.1. The van der Waals surface area contributed by atoms with Gasteiger partial charge >= 0.3 is 0 Å². The molecule has 0 bridgehead atoms. The van der Waals surface area contributed by atoms with E-state index in [1.807, 2.05) is 13.1 Å². The van der Waals surface area contributed by atoms with Crippen LogP contribution in [0.15, 0.2) is 29.1 Å². The third-order valence-corrected chi connectivity index (χ3v) is 2.93. The molecule has 0 aromatic carbocycles. The van der Waals surface area contributed by atoms with E-state index in [1.54, 1.807) is 23.3 Å². The predicted octanol–water partition coefficient (Wildman–Crippen LogP) is 0.525. The van der Waals surface area contributed by atoms with Crippen molar-refractivity contribution in [1.82, 2.24) is 25.4 Å². The zero-order valence-corrected chi connectivity index (χ0v) is 10.2. The minimum absolute atomic E-state index is 0.169. The molecule has 2 aromatic rings. The van der Waals surface area contributed by atoms with Crippen molar-refractivity contribution in [3.05, 3.63) is 40.4 Å². The van der Waals surface area contributed by atoms with E-state index >= 15 is 0 Å². The maximum absolute atomic E-state index is 5.57. The minimum Gasteiger partial charge on any atom is -0.271 e. The van der Waals surface area contributed by atoms with Gasteiger partial charge in [-0.05, 0) is 27.6 Å². The molecule has 2 aromatic heterocycles. The lowest BCUT2D eigenvalue weighted by Crippen LogP contribution is -2.30. The first-order valence-electron chi connectivity index (χ1n) is 4.64. The number of nitrogens with zero attached hydrogens (tertiary/aromatic N) is 4. The normalized spacial score (nSPS) is 12.7. The molecule has 0 spiro atoms. The van der Waals surface area contributed by atoms with Crippen LogP contribution in [0.1, 0.15) is 17.3 Å². The van der Waals surface area contributed by atoms with Gasteiger partial charge < -0.3 is 0 Å². The van der Waals surface area contributed by atoms with E-state index in [4.69, 9.17) is 5.84 Å². The second-order valence-corrected chi connectivity index (χ2v) is 4.13. The molecule has 2 rings (SSSR count). The highest BCUT2D eigenvalue weighted by atomic mass is 79.9. The molecule has 0 fully saturated rings. The van der Waals surface area contributed by atoms with Gasteiger partial charge in [-0.1, -0.05) is 0 Å². The van der Waals surface area contributed by atoms with Crippen LogP contribution >= 0.6 is 15.9 Å². The monoisotopic (exact) mass is 282 g/mol. The van der Waals surface area contributed by atoms with Crippen molar-refractivity contribution >= 4 is 15.9 Å². The van der Waals surface area contributed by atoms with Crippen molar-refractivity contribution < 1.29 is 0 Å². The fraction of sp³-hybridized carbons (Fsp3) is 0.222. The number of rotatable bonds is 3. The van der Waals surface area contributed by atoms with Gasteiger partial charge in [0.2, 0.25) is 0 Å². The molecular formula is C9H11BrN6. The number of nitrogens with one attached hydrogen (secondary N) is 1. The largest absolute Gasteiger partial charge is 0.271 e. The molecule has 16 heavy (non-hydrogen) atoms. The summed E-state index contributed by atoms with van der Waals surface area (Å²) in [6.45, 7) is 0. The zero-order chi connectivity index (χ0) is 11.5. The van der Waals surface area contributed by atoms with E-state index in [9.17, 15) is 0 Å². The highest BCUT2D eigenvalue weighted by molar-refractivity contribution is 9.10. The van der Waals surface area contributed by atoms with Gasteiger partial charge in [0.05, 0.1) is 28.6 Å². The van der Waals surface area contributed by atoms with Crippen LogP contribution in [0.3, 0.4) is 0 Å². The Bertz CT molecular complexity index is 449. The van der Waals surface area contributed by atoms with Crippen molar-refractivity contribution in [2.45, 2.75) is 6.04 Å². The first-order valence-corrected chi connectivity index (χ1v) is 5.43. The molecule has 1 atom stereocenters. The fourth-order valence-electron chi connectivity index (χ4n) is 1.55. The van der Waals surface area contributed by atoms with Crippen LogP contribution < -0.4 is 11.3 Å². The first-order chi connectivity index (χ1) is 7.74. The van der Waals surface area contributed by atoms with Gasteiger partial charge in [0.15, 0.2) is 0 Å². The Hall–Kier alpha value is -1.31. The summed E-state index contributed by atoms with van der Waals surface area (Å²) >= 11 is 3.44. The Morgan fingerprint density at radius 2 is 2.25 bits per heavy atom. The quantitative estimate of drug-likeness (QED) is 0.634. The number of aromatic nitrogens is 4. The average Bonchev–Trinajstić information content (AvgIpc) is 2.63. The van der Waals surface area contributed by atoms with Gasteiger partial charge in [-0.3, -0.25) is 10.5 Å². The van der Waals surface area contributed by atoms with Gasteiger partial charge in [0, 0.05) is 13.2 Å². The summed E-state index contributed by atoms with van der Waals surface area (Å²) in [5.41, 5.74) is 4.62. The van der Waals surface area contributed by atoms with Crippen LogP contribution in [0, 0.1) is 0 Å². The molecule has 0 aliphatic carbocycles. The number of nitrogens with two attached hydrogens (primary N) is 1. The maximum atomic E-state index is 5.57. The van der Waals surface area contributed by atoms with E-state index in [0.29, 0.717) is 0 Å². The highest BCUT2D eigenvalue weighted by Gasteiger charge is 2.19. The Labute approximate surface area is 101 Å². The third kappa shape index (κ3) is 1.97. The first kappa shape index (κ1) is 11.2. The molecular weight excluding hydrogens is 272 g/mol. The number of hydrazine groups is 1. The highest BCUT2D eigenvalue weighted by Crippen LogP contribution is 2.26. The molecule has 2 heterocycles. The molecule has 0 aliphatic heterocycles.